The summed E-state index contributed by atoms with van der Waals surface area (Å²) in [5.41, 5.74) is 0.688. The van der Waals surface area contributed by atoms with Gasteiger partial charge in [-0.2, -0.15) is 0 Å². The largest absolute Gasteiger partial charge is 0.444 e. The zero-order valence-electron chi connectivity index (χ0n) is 17.5. The molecule has 27 heavy (non-hydrogen) atoms. The monoisotopic (exact) mass is 395 g/mol. The summed E-state index contributed by atoms with van der Waals surface area (Å²) in [6.45, 7) is 14.3. The molecule has 1 aromatic heterocycles. The molecule has 0 spiro atoms. The maximum Gasteiger partial charge on any atom is 0.407 e. The molecule has 0 radical (unpaired) electrons. The van der Waals surface area contributed by atoms with Gasteiger partial charge in [-0.15, -0.1) is 11.3 Å². The number of likely N-dealkylation sites (tertiary alicyclic amines) is 1. The number of ether oxygens (including phenoxy) is 1. The van der Waals surface area contributed by atoms with Crippen LogP contribution in [0.1, 0.15) is 58.7 Å². The number of carbonyl (C=O) groups is 1. The lowest BCUT2D eigenvalue weighted by Gasteiger charge is -2.23. The lowest BCUT2D eigenvalue weighted by molar-refractivity contribution is 0.0507. The molecule has 2 heterocycles. The van der Waals surface area contributed by atoms with E-state index in [1.165, 1.54) is 0 Å². The van der Waals surface area contributed by atoms with Crippen LogP contribution >= 0.6 is 11.3 Å². The van der Waals surface area contributed by atoms with Crippen LogP contribution < -0.4 is 10.6 Å². The van der Waals surface area contributed by atoms with Gasteiger partial charge in [0.2, 0.25) is 0 Å². The molecule has 1 saturated heterocycles. The van der Waals surface area contributed by atoms with Gasteiger partial charge in [-0.05, 0) is 27.2 Å². The van der Waals surface area contributed by atoms with E-state index in [-0.39, 0.29) is 17.6 Å². The van der Waals surface area contributed by atoms with Crippen molar-refractivity contribution in [3.05, 3.63) is 16.1 Å². The Kier molecular flexibility index (Phi) is 6.72. The molecular weight excluding hydrogens is 362 g/mol. The molecule has 0 bridgehead atoms. The minimum Gasteiger partial charge on any atom is -0.444 e. The van der Waals surface area contributed by atoms with Crippen molar-refractivity contribution < 1.29 is 9.53 Å². The first-order valence-corrected chi connectivity index (χ1v) is 10.3. The van der Waals surface area contributed by atoms with Gasteiger partial charge in [0.1, 0.15) is 10.6 Å². The van der Waals surface area contributed by atoms with Crippen LogP contribution in [0.2, 0.25) is 0 Å². The Morgan fingerprint density at radius 2 is 2.07 bits per heavy atom. The fourth-order valence-corrected chi connectivity index (χ4v) is 3.73. The molecule has 1 fully saturated rings. The van der Waals surface area contributed by atoms with Gasteiger partial charge < -0.3 is 20.3 Å². The summed E-state index contributed by atoms with van der Waals surface area (Å²) in [4.78, 5) is 23.2. The lowest BCUT2D eigenvalue weighted by atomic mass is 9.93. The molecule has 7 nitrogen and oxygen atoms in total. The predicted octanol–water partition coefficient (Wildman–Crippen LogP) is 3.12. The van der Waals surface area contributed by atoms with Crippen LogP contribution in [-0.2, 0) is 16.7 Å². The van der Waals surface area contributed by atoms with Crippen molar-refractivity contribution >= 4 is 23.4 Å². The van der Waals surface area contributed by atoms with Crippen molar-refractivity contribution in [2.45, 2.75) is 71.6 Å². The zero-order chi connectivity index (χ0) is 20.2. The molecule has 0 saturated carbocycles. The van der Waals surface area contributed by atoms with Gasteiger partial charge >= 0.3 is 6.09 Å². The van der Waals surface area contributed by atoms with E-state index in [2.05, 4.69) is 46.7 Å². The number of nitrogens with zero attached hydrogens (tertiary/aromatic N) is 3. The van der Waals surface area contributed by atoms with Gasteiger partial charge in [0.05, 0.1) is 18.3 Å². The van der Waals surface area contributed by atoms with Crippen molar-refractivity contribution in [2.75, 3.05) is 20.1 Å². The molecule has 2 N–H and O–H groups in total. The molecule has 0 aromatic carbocycles. The first-order chi connectivity index (χ1) is 12.5. The normalized spacial score (nSPS) is 18.6. The maximum absolute atomic E-state index is 12.0. The fraction of sp³-hybridized carbons (Fsp3) is 0.737. The standard InChI is InChI=1S/C19H33N5O2S/c1-18(2,3)14-12-27-15(23-14)10-21-16(20-7)24-9-8-13(11-24)22-17(25)26-19(4,5)6/h12-13H,8-11H2,1-7H3,(H,20,21)(H,22,25). The number of aromatic nitrogens is 1. The third kappa shape index (κ3) is 6.68. The first-order valence-electron chi connectivity index (χ1n) is 9.38. The minimum atomic E-state index is -0.487. The highest BCUT2D eigenvalue weighted by atomic mass is 32.1. The van der Waals surface area contributed by atoms with Gasteiger partial charge in [0.15, 0.2) is 5.96 Å². The average Bonchev–Trinajstić information content (AvgIpc) is 3.15. The number of guanidine groups is 1. The summed E-state index contributed by atoms with van der Waals surface area (Å²) in [5, 5.41) is 9.49. The second kappa shape index (κ2) is 8.46. The van der Waals surface area contributed by atoms with Gasteiger partial charge in [-0.3, -0.25) is 4.99 Å². The average molecular weight is 396 g/mol. The van der Waals surface area contributed by atoms with Crippen molar-refractivity contribution in [1.82, 2.24) is 20.5 Å². The number of hydrogen-bond donors (Lipinski definition) is 2. The van der Waals surface area contributed by atoms with Crippen molar-refractivity contribution in [2.24, 2.45) is 4.99 Å². The summed E-state index contributed by atoms with van der Waals surface area (Å²) in [6.07, 6.45) is 0.501. The molecule has 1 aromatic rings. The van der Waals surface area contributed by atoms with Crippen LogP contribution in [0.4, 0.5) is 4.79 Å². The van der Waals surface area contributed by atoms with E-state index >= 15 is 0 Å². The highest BCUT2D eigenvalue weighted by molar-refractivity contribution is 7.09. The minimum absolute atomic E-state index is 0.0609. The van der Waals surface area contributed by atoms with Gasteiger partial charge in [-0.1, -0.05) is 20.8 Å². The Hall–Kier alpha value is -1.83. The highest BCUT2D eigenvalue weighted by Gasteiger charge is 2.28. The maximum atomic E-state index is 12.0. The summed E-state index contributed by atoms with van der Waals surface area (Å²) in [5.74, 6) is 0.830. The second-order valence-electron chi connectivity index (χ2n) is 8.86. The van der Waals surface area contributed by atoms with E-state index in [4.69, 9.17) is 9.72 Å². The van der Waals surface area contributed by atoms with Gasteiger partial charge in [-0.25, -0.2) is 9.78 Å². The molecule has 1 aliphatic rings. The molecule has 152 valence electrons. The van der Waals surface area contributed by atoms with Gasteiger partial charge in [0.25, 0.3) is 0 Å². The van der Waals surface area contributed by atoms with Crippen molar-refractivity contribution in [3.63, 3.8) is 0 Å². The molecule has 1 aliphatic heterocycles. The molecule has 0 aliphatic carbocycles. The smallest absolute Gasteiger partial charge is 0.407 e. The Labute approximate surface area is 166 Å². The number of carbonyl (C=O) groups excluding carboxylic acids is 1. The third-order valence-electron chi connectivity index (χ3n) is 4.14. The lowest BCUT2D eigenvalue weighted by Crippen LogP contribution is -2.44. The van der Waals surface area contributed by atoms with Crippen LogP contribution in [-0.4, -0.2) is 53.7 Å². The van der Waals surface area contributed by atoms with Crippen LogP contribution in [0.15, 0.2) is 10.4 Å². The molecular formula is C19H33N5O2S. The van der Waals surface area contributed by atoms with E-state index in [1.54, 1.807) is 18.4 Å². The predicted molar refractivity (Wildman–Crippen MR) is 110 cm³/mol. The van der Waals surface area contributed by atoms with E-state index in [0.717, 1.165) is 29.6 Å². The van der Waals surface area contributed by atoms with Gasteiger partial charge in [0, 0.05) is 30.9 Å². The number of thiazole rings is 1. The zero-order valence-corrected chi connectivity index (χ0v) is 18.4. The number of amides is 1. The van der Waals surface area contributed by atoms with Crippen LogP contribution in [0.25, 0.3) is 0 Å². The fourth-order valence-electron chi connectivity index (χ4n) is 2.77. The third-order valence-corrected chi connectivity index (χ3v) is 4.99. The Bertz CT molecular complexity index is 672. The Balaban J connectivity index is 1.84. The first kappa shape index (κ1) is 21.5. The van der Waals surface area contributed by atoms with E-state index < -0.39 is 5.60 Å². The van der Waals surface area contributed by atoms with E-state index in [0.29, 0.717) is 13.1 Å². The van der Waals surface area contributed by atoms with Crippen LogP contribution in [0.5, 0.6) is 0 Å². The van der Waals surface area contributed by atoms with E-state index in [1.807, 2.05) is 20.8 Å². The van der Waals surface area contributed by atoms with E-state index in [9.17, 15) is 4.79 Å². The second-order valence-corrected chi connectivity index (χ2v) is 9.80. The number of hydrogen-bond acceptors (Lipinski definition) is 5. The molecule has 1 amide bonds. The molecule has 8 heteroatoms. The summed E-state index contributed by atoms with van der Waals surface area (Å²) in [7, 11) is 1.78. The van der Waals surface area contributed by atoms with Crippen molar-refractivity contribution in [1.29, 1.82) is 0 Å². The Morgan fingerprint density at radius 1 is 1.37 bits per heavy atom. The number of aliphatic imine (C=N–C) groups is 1. The summed E-state index contributed by atoms with van der Waals surface area (Å²) < 4.78 is 5.34. The van der Waals surface area contributed by atoms with Crippen molar-refractivity contribution in [3.8, 4) is 0 Å². The summed E-state index contributed by atoms with van der Waals surface area (Å²) >= 11 is 1.66. The number of nitrogens with one attached hydrogen (secondary N) is 2. The molecule has 2 rings (SSSR count). The Morgan fingerprint density at radius 3 is 2.63 bits per heavy atom. The SMILES string of the molecule is CN=C(NCc1nc(C(C)(C)C)cs1)N1CCC(NC(=O)OC(C)(C)C)C1. The summed E-state index contributed by atoms with van der Waals surface area (Å²) in [6, 6.07) is 0.0609. The number of rotatable bonds is 3. The quantitative estimate of drug-likeness (QED) is 0.607. The molecule has 1 atom stereocenters. The van der Waals surface area contributed by atoms with Crippen LogP contribution in [0.3, 0.4) is 0 Å². The topological polar surface area (TPSA) is 78.9 Å². The highest BCUT2D eigenvalue weighted by Crippen LogP contribution is 2.23. The van der Waals surface area contributed by atoms with Crippen LogP contribution in [0, 0.1) is 0 Å². The molecule has 1 unspecified atom stereocenters. The number of alkyl carbamates (subject to hydrolysis) is 1.